The van der Waals surface area contributed by atoms with E-state index in [2.05, 4.69) is 13.8 Å². The summed E-state index contributed by atoms with van der Waals surface area (Å²) in [4.78, 5) is 0. The van der Waals surface area contributed by atoms with Gasteiger partial charge < -0.3 is 0 Å². The predicted molar refractivity (Wildman–Crippen MR) is 50.8 cm³/mol. The lowest BCUT2D eigenvalue weighted by Gasteiger charge is -2.48. The van der Waals surface area contributed by atoms with Gasteiger partial charge in [-0.3, -0.25) is 0 Å². The second kappa shape index (κ2) is 2.08. The molecule has 0 aliphatic heterocycles. The van der Waals surface area contributed by atoms with Crippen LogP contribution in [-0.4, -0.2) is 0 Å². The van der Waals surface area contributed by atoms with Crippen molar-refractivity contribution in [3.8, 4) is 0 Å². The first-order chi connectivity index (χ1) is 5.72. The summed E-state index contributed by atoms with van der Waals surface area (Å²) < 4.78 is 0. The third kappa shape index (κ3) is 0.843. The summed E-state index contributed by atoms with van der Waals surface area (Å²) in [6.07, 6.45) is 7.84. The standard InChI is InChI=1S/C12H20/c1-8-6-12(7-8,10-3-4-10)11-5-9(11)2/h8-11H,3-7H2,1-2H3. The topological polar surface area (TPSA) is 0 Å². The summed E-state index contributed by atoms with van der Waals surface area (Å²) >= 11 is 0. The van der Waals surface area contributed by atoms with Gasteiger partial charge in [0.05, 0.1) is 0 Å². The van der Waals surface area contributed by atoms with E-state index in [0.29, 0.717) is 0 Å². The van der Waals surface area contributed by atoms with Crippen molar-refractivity contribution in [1.82, 2.24) is 0 Å². The van der Waals surface area contributed by atoms with Gasteiger partial charge in [0.2, 0.25) is 0 Å². The molecule has 0 radical (unpaired) electrons. The van der Waals surface area contributed by atoms with Gasteiger partial charge in [-0.05, 0) is 61.2 Å². The van der Waals surface area contributed by atoms with E-state index in [0.717, 1.165) is 23.2 Å². The van der Waals surface area contributed by atoms with E-state index in [1.165, 1.54) is 5.92 Å². The molecule has 3 aliphatic carbocycles. The normalized spacial score (nSPS) is 58.0. The Morgan fingerprint density at radius 2 is 1.67 bits per heavy atom. The van der Waals surface area contributed by atoms with Crippen molar-refractivity contribution in [3.05, 3.63) is 0 Å². The molecule has 0 saturated heterocycles. The van der Waals surface area contributed by atoms with Crippen LogP contribution in [0, 0.1) is 29.1 Å². The van der Waals surface area contributed by atoms with Crippen molar-refractivity contribution >= 4 is 0 Å². The summed E-state index contributed by atoms with van der Waals surface area (Å²) in [7, 11) is 0. The maximum absolute atomic E-state index is 2.46. The molecule has 12 heavy (non-hydrogen) atoms. The fourth-order valence-corrected chi connectivity index (χ4v) is 3.96. The lowest BCUT2D eigenvalue weighted by molar-refractivity contribution is 0.0106. The van der Waals surface area contributed by atoms with Crippen LogP contribution in [0.5, 0.6) is 0 Å². The summed E-state index contributed by atoms with van der Waals surface area (Å²) in [6, 6.07) is 0. The molecule has 0 heterocycles. The van der Waals surface area contributed by atoms with Crippen molar-refractivity contribution in [2.24, 2.45) is 29.1 Å². The highest BCUT2D eigenvalue weighted by Crippen LogP contribution is 2.70. The number of rotatable bonds is 2. The Morgan fingerprint density at radius 3 is 2.00 bits per heavy atom. The Balaban J connectivity index is 1.75. The molecule has 68 valence electrons. The first kappa shape index (κ1) is 7.41. The second-order valence-corrected chi connectivity index (χ2v) is 5.84. The van der Waals surface area contributed by atoms with Gasteiger partial charge in [-0.1, -0.05) is 13.8 Å². The van der Waals surface area contributed by atoms with E-state index in [-0.39, 0.29) is 0 Å². The summed E-state index contributed by atoms with van der Waals surface area (Å²) in [6.45, 7) is 4.89. The van der Waals surface area contributed by atoms with Crippen LogP contribution in [0.25, 0.3) is 0 Å². The molecule has 0 nitrogen and oxygen atoms in total. The van der Waals surface area contributed by atoms with Crippen molar-refractivity contribution in [1.29, 1.82) is 0 Å². The lowest BCUT2D eigenvalue weighted by atomic mass is 9.57. The Morgan fingerprint density at radius 1 is 1.08 bits per heavy atom. The van der Waals surface area contributed by atoms with Crippen molar-refractivity contribution in [3.63, 3.8) is 0 Å². The molecule has 0 aromatic carbocycles. The molecule has 3 rings (SSSR count). The summed E-state index contributed by atoms with van der Waals surface area (Å²) in [5, 5.41) is 0. The van der Waals surface area contributed by atoms with Gasteiger partial charge in [0.25, 0.3) is 0 Å². The highest BCUT2D eigenvalue weighted by molar-refractivity contribution is 5.10. The van der Waals surface area contributed by atoms with E-state index in [9.17, 15) is 0 Å². The smallest absolute Gasteiger partial charge is 0.0233 e. The highest BCUT2D eigenvalue weighted by atomic mass is 14.7. The lowest BCUT2D eigenvalue weighted by Crippen LogP contribution is -2.40. The zero-order chi connectivity index (χ0) is 8.34. The van der Waals surface area contributed by atoms with Crippen LogP contribution in [-0.2, 0) is 0 Å². The van der Waals surface area contributed by atoms with Crippen LogP contribution < -0.4 is 0 Å². The van der Waals surface area contributed by atoms with E-state index in [1.807, 2.05) is 0 Å². The van der Waals surface area contributed by atoms with Gasteiger partial charge in [0.15, 0.2) is 0 Å². The summed E-state index contributed by atoms with van der Waals surface area (Å²) in [5.41, 5.74) is 0.888. The third-order valence-corrected chi connectivity index (χ3v) is 4.70. The fraction of sp³-hybridized carbons (Fsp3) is 1.00. The van der Waals surface area contributed by atoms with Crippen LogP contribution in [0.4, 0.5) is 0 Å². The van der Waals surface area contributed by atoms with Crippen LogP contribution in [0.15, 0.2) is 0 Å². The van der Waals surface area contributed by atoms with E-state index in [4.69, 9.17) is 0 Å². The second-order valence-electron chi connectivity index (χ2n) is 5.84. The monoisotopic (exact) mass is 164 g/mol. The van der Waals surface area contributed by atoms with Gasteiger partial charge in [0.1, 0.15) is 0 Å². The van der Waals surface area contributed by atoms with Crippen LogP contribution in [0.1, 0.15) is 46.0 Å². The molecule has 0 spiro atoms. The zero-order valence-electron chi connectivity index (χ0n) is 8.34. The minimum Gasteiger partial charge on any atom is -0.0625 e. The summed E-state index contributed by atoms with van der Waals surface area (Å²) in [5.74, 6) is 4.46. The molecule has 0 bridgehead atoms. The van der Waals surface area contributed by atoms with E-state index >= 15 is 0 Å². The minimum atomic E-state index is 0.888. The molecule has 0 heteroatoms. The third-order valence-electron chi connectivity index (χ3n) is 4.70. The largest absolute Gasteiger partial charge is 0.0625 e. The first-order valence-electron chi connectivity index (χ1n) is 5.72. The van der Waals surface area contributed by atoms with E-state index in [1.54, 1.807) is 32.1 Å². The molecular formula is C12H20. The first-order valence-corrected chi connectivity index (χ1v) is 5.72. The maximum atomic E-state index is 2.46. The van der Waals surface area contributed by atoms with Crippen LogP contribution in [0.3, 0.4) is 0 Å². The van der Waals surface area contributed by atoms with Crippen molar-refractivity contribution in [2.45, 2.75) is 46.0 Å². The Kier molecular flexibility index (Phi) is 1.28. The van der Waals surface area contributed by atoms with Crippen LogP contribution in [0.2, 0.25) is 0 Å². The van der Waals surface area contributed by atoms with Gasteiger partial charge in [-0.15, -0.1) is 0 Å². The van der Waals surface area contributed by atoms with Gasteiger partial charge in [0, 0.05) is 0 Å². The Bertz CT molecular complexity index is 196. The molecule has 3 aliphatic rings. The van der Waals surface area contributed by atoms with Gasteiger partial charge >= 0.3 is 0 Å². The average molecular weight is 164 g/mol. The fourth-order valence-electron chi connectivity index (χ4n) is 3.96. The molecule has 3 fully saturated rings. The molecule has 2 unspecified atom stereocenters. The molecule has 3 saturated carbocycles. The number of hydrogen-bond donors (Lipinski definition) is 0. The highest BCUT2D eigenvalue weighted by Gasteiger charge is 2.61. The molecule has 0 amide bonds. The van der Waals surface area contributed by atoms with E-state index < -0.39 is 0 Å². The number of hydrogen-bond acceptors (Lipinski definition) is 0. The maximum Gasteiger partial charge on any atom is -0.0233 e. The molecule has 0 aromatic heterocycles. The Hall–Kier alpha value is 0. The molecular weight excluding hydrogens is 144 g/mol. The van der Waals surface area contributed by atoms with Crippen molar-refractivity contribution < 1.29 is 0 Å². The average Bonchev–Trinajstić information content (AvgIpc) is 2.74. The minimum absolute atomic E-state index is 0.888. The van der Waals surface area contributed by atoms with Crippen LogP contribution >= 0.6 is 0 Å². The predicted octanol–water partition coefficient (Wildman–Crippen LogP) is 3.47. The molecule has 0 N–H and O–H groups in total. The quantitative estimate of drug-likeness (QED) is 0.586. The Labute approximate surface area is 75.7 Å². The molecule has 2 atom stereocenters. The zero-order valence-corrected chi connectivity index (χ0v) is 8.34. The van der Waals surface area contributed by atoms with Crippen molar-refractivity contribution in [2.75, 3.05) is 0 Å². The van der Waals surface area contributed by atoms with Gasteiger partial charge in [-0.25, -0.2) is 0 Å². The SMILES string of the molecule is CC1CC(C2CC2)(C2CC2C)C1. The molecule has 0 aromatic rings. The van der Waals surface area contributed by atoms with Gasteiger partial charge in [-0.2, -0.15) is 0 Å².